The molecule has 0 bridgehead atoms. The summed E-state index contributed by atoms with van der Waals surface area (Å²) < 4.78 is 5.22. The number of ether oxygens (including phenoxy) is 1. The minimum Gasteiger partial charge on any atom is -0.384 e. The number of hydrogen-bond donors (Lipinski definition) is 1. The van der Waals surface area contributed by atoms with Gasteiger partial charge >= 0.3 is 0 Å². The number of aliphatic hydroxyl groups is 1. The van der Waals surface area contributed by atoms with Crippen molar-refractivity contribution >= 4 is 0 Å². The van der Waals surface area contributed by atoms with Crippen molar-refractivity contribution < 1.29 is 9.84 Å². The molecule has 1 aromatic carbocycles. The van der Waals surface area contributed by atoms with Crippen LogP contribution in [0.25, 0.3) is 0 Å². The summed E-state index contributed by atoms with van der Waals surface area (Å²) in [6, 6.07) is 10.4. The SMILES string of the molecule is COCCN(CC(C)(O)c1ccccc1)C(C)C1CC1. The molecule has 2 unspecified atom stereocenters. The van der Waals surface area contributed by atoms with Gasteiger partial charge in [0.15, 0.2) is 0 Å². The Labute approximate surface area is 122 Å². The molecule has 1 aliphatic carbocycles. The van der Waals surface area contributed by atoms with Crippen molar-refractivity contribution in [3.8, 4) is 0 Å². The Morgan fingerprint density at radius 3 is 2.55 bits per heavy atom. The van der Waals surface area contributed by atoms with Gasteiger partial charge in [0.2, 0.25) is 0 Å². The number of nitrogens with zero attached hydrogens (tertiary/aromatic N) is 1. The van der Waals surface area contributed by atoms with E-state index >= 15 is 0 Å². The first-order valence-corrected chi connectivity index (χ1v) is 7.55. The average molecular weight is 277 g/mol. The highest BCUT2D eigenvalue weighted by Gasteiger charge is 2.35. The lowest BCUT2D eigenvalue weighted by molar-refractivity contribution is -0.00658. The summed E-state index contributed by atoms with van der Waals surface area (Å²) in [5.41, 5.74) is 0.156. The van der Waals surface area contributed by atoms with E-state index in [0.29, 0.717) is 19.2 Å². The maximum absolute atomic E-state index is 10.8. The van der Waals surface area contributed by atoms with Gasteiger partial charge in [-0.3, -0.25) is 4.90 Å². The van der Waals surface area contributed by atoms with Crippen molar-refractivity contribution in [2.75, 3.05) is 26.8 Å². The van der Waals surface area contributed by atoms with Crippen LogP contribution in [0.2, 0.25) is 0 Å². The second-order valence-electron chi connectivity index (χ2n) is 6.18. The largest absolute Gasteiger partial charge is 0.384 e. The first-order chi connectivity index (χ1) is 9.54. The van der Waals surface area contributed by atoms with E-state index in [9.17, 15) is 5.11 Å². The summed E-state index contributed by atoms with van der Waals surface area (Å²) in [5, 5.41) is 10.8. The molecule has 0 amide bonds. The third-order valence-electron chi connectivity index (χ3n) is 4.37. The Morgan fingerprint density at radius 2 is 2.00 bits per heavy atom. The predicted octanol–water partition coefficient (Wildman–Crippen LogP) is 2.64. The van der Waals surface area contributed by atoms with Gasteiger partial charge in [-0.25, -0.2) is 0 Å². The van der Waals surface area contributed by atoms with Gasteiger partial charge in [-0.05, 0) is 38.2 Å². The van der Waals surface area contributed by atoms with E-state index in [-0.39, 0.29) is 0 Å². The lowest BCUT2D eigenvalue weighted by Crippen LogP contribution is -2.45. The molecule has 2 atom stereocenters. The van der Waals surface area contributed by atoms with E-state index in [1.807, 2.05) is 37.3 Å². The zero-order valence-corrected chi connectivity index (χ0v) is 12.9. The monoisotopic (exact) mass is 277 g/mol. The molecule has 1 fully saturated rings. The number of benzene rings is 1. The molecule has 2 rings (SSSR count). The van der Waals surface area contributed by atoms with Gasteiger partial charge in [-0.15, -0.1) is 0 Å². The molecule has 112 valence electrons. The van der Waals surface area contributed by atoms with Crippen LogP contribution in [0.1, 0.15) is 32.3 Å². The van der Waals surface area contributed by atoms with Crippen molar-refractivity contribution in [2.24, 2.45) is 5.92 Å². The van der Waals surface area contributed by atoms with Crippen LogP contribution < -0.4 is 0 Å². The molecule has 0 aromatic heterocycles. The normalized spacial score (nSPS) is 19.9. The fraction of sp³-hybridized carbons (Fsp3) is 0.647. The summed E-state index contributed by atoms with van der Waals surface area (Å²) in [6.45, 7) is 6.41. The molecule has 3 heteroatoms. The van der Waals surface area contributed by atoms with Crippen LogP contribution in [0.15, 0.2) is 30.3 Å². The van der Waals surface area contributed by atoms with Crippen LogP contribution in [-0.4, -0.2) is 42.9 Å². The highest BCUT2D eigenvalue weighted by atomic mass is 16.5. The molecule has 0 aliphatic heterocycles. The molecule has 0 heterocycles. The Morgan fingerprint density at radius 1 is 1.35 bits per heavy atom. The number of rotatable bonds is 8. The van der Waals surface area contributed by atoms with Crippen molar-refractivity contribution in [1.29, 1.82) is 0 Å². The van der Waals surface area contributed by atoms with Gasteiger partial charge in [0, 0.05) is 26.2 Å². The highest BCUT2D eigenvalue weighted by molar-refractivity contribution is 5.21. The highest BCUT2D eigenvalue weighted by Crippen LogP contribution is 2.36. The minimum atomic E-state index is -0.821. The Kier molecular flexibility index (Phi) is 5.19. The van der Waals surface area contributed by atoms with E-state index in [1.54, 1.807) is 7.11 Å². The van der Waals surface area contributed by atoms with E-state index in [0.717, 1.165) is 18.0 Å². The lowest BCUT2D eigenvalue weighted by Gasteiger charge is -2.36. The summed E-state index contributed by atoms with van der Waals surface area (Å²) in [4.78, 5) is 2.37. The summed E-state index contributed by atoms with van der Waals surface area (Å²) in [7, 11) is 1.73. The summed E-state index contributed by atoms with van der Waals surface area (Å²) >= 11 is 0. The van der Waals surface area contributed by atoms with Crippen molar-refractivity contribution in [2.45, 2.75) is 38.3 Å². The molecule has 1 aliphatic rings. The van der Waals surface area contributed by atoms with Crippen molar-refractivity contribution in [3.05, 3.63) is 35.9 Å². The topological polar surface area (TPSA) is 32.7 Å². The van der Waals surface area contributed by atoms with Gasteiger partial charge in [0.1, 0.15) is 0 Å². The van der Waals surface area contributed by atoms with Gasteiger partial charge in [0.05, 0.1) is 12.2 Å². The van der Waals surface area contributed by atoms with E-state index in [1.165, 1.54) is 12.8 Å². The molecule has 20 heavy (non-hydrogen) atoms. The smallest absolute Gasteiger partial charge is 0.0994 e. The van der Waals surface area contributed by atoms with Crippen molar-refractivity contribution in [1.82, 2.24) is 4.90 Å². The van der Waals surface area contributed by atoms with Crippen LogP contribution >= 0.6 is 0 Å². The van der Waals surface area contributed by atoms with E-state index < -0.39 is 5.60 Å². The molecule has 1 N–H and O–H groups in total. The molecule has 0 spiro atoms. The van der Waals surface area contributed by atoms with Crippen LogP contribution in [0.4, 0.5) is 0 Å². The van der Waals surface area contributed by atoms with Crippen LogP contribution in [0.3, 0.4) is 0 Å². The third kappa shape index (κ3) is 4.05. The fourth-order valence-electron chi connectivity index (χ4n) is 2.80. The van der Waals surface area contributed by atoms with Gasteiger partial charge < -0.3 is 9.84 Å². The standard InChI is InChI=1S/C17H27NO2/c1-14(15-9-10-15)18(11-12-20-3)13-17(2,19)16-7-5-4-6-8-16/h4-8,14-15,19H,9-13H2,1-3H3. The Bertz CT molecular complexity index is 401. The zero-order chi connectivity index (χ0) is 14.6. The van der Waals surface area contributed by atoms with Gasteiger partial charge in [-0.1, -0.05) is 30.3 Å². The third-order valence-corrected chi connectivity index (χ3v) is 4.37. The molecule has 3 nitrogen and oxygen atoms in total. The van der Waals surface area contributed by atoms with Crippen LogP contribution in [-0.2, 0) is 10.3 Å². The summed E-state index contributed by atoms with van der Waals surface area (Å²) in [6.07, 6.45) is 2.64. The molecule has 0 saturated heterocycles. The molecular weight excluding hydrogens is 250 g/mol. The predicted molar refractivity (Wildman–Crippen MR) is 81.6 cm³/mol. The quantitative estimate of drug-likeness (QED) is 0.793. The molecule has 1 saturated carbocycles. The van der Waals surface area contributed by atoms with E-state index in [4.69, 9.17) is 4.74 Å². The number of methoxy groups -OCH3 is 1. The Hall–Kier alpha value is -0.900. The molecular formula is C17H27NO2. The molecule has 1 aromatic rings. The van der Waals surface area contributed by atoms with Crippen LogP contribution in [0, 0.1) is 5.92 Å². The lowest BCUT2D eigenvalue weighted by atomic mass is 9.94. The average Bonchev–Trinajstić information content (AvgIpc) is 3.28. The van der Waals surface area contributed by atoms with E-state index in [2.05, 4.69) is 11.8 Å². The van der Waals surface area contributed by atoms with Gasteiger partial charge in [-0.2, -0.15) is 0 Å². The van der Waals surface area contributed by atoms with Crippen molar-refractivity contribution in [3.63, 3.8) is 0 Å². The first-order valence-electron chi connectivity index (χ1n) is 7.55. The zero-order valence-electron chi connectivity index (χ0n) is 12.9. The fourth-order valence-corrected chi connectivity index (χ4v) is 2.80. The first kappa shape index (κ1) is 15.5. The second-order valence-corrected chi connectivity index (χ2v) is 6.18. The second kappa shape index (κ2) is 6.70. The minimum absolute atomic E-state index is 0.514. The molecule has 0 radical (unpaired) electrons. The maximum Gasteiger partial charge on any atom is 0.0994 e. The summed E-state index contributed by atoms with van der Waals surface area (Å²) in [5.74, 6) is 0.790. The van der Waals surface area contributed by atoms with Crippen LogP contribution in [0.5, 0.6) is 0 Å². The van der Waals surface area contributed by atoms with Gasteiger partial charge in [0.25, 0.3) is 0 Å². The Balaban J connectivity index is 2.05. The maximum atomic E-state index is 10.8. The number of hydrogen-bond acceptors (Lipinski definition) is 3.